The zero-order valence-corrected chi connectivity index (χ0v) is 17.3. The Balaban J connectivity index is 1.58. The van der Waals surface area contributed by atoms with Gasteiger partial charge in [0.25, 0.3) is 5.91 Å². The lowest BCUT2D eigenvalue weighted by molar-refractivity contribution is 0.0596. The number of ether oxygens (including phenoxy) is 2. The molecule has 3 aromatic rings. The first-order chi connectivity index (χ1) is 15.0. The molecule has 0 heterocycles. The van der Waals surface area contributed by atoms with E-state index in [1.165, 1.54) is 20.3 Å². The second kappa shape index (κ2) is 10.0. The van der Waals surface area contributed by atoms with Crippen molar-refractivity contribution in [2.24, 2.45) is 10.2 Å². The number of benzene rings is 3. The summed E-state index contributed by atoms with van der Waals surface area (Å²) in [6, 6.07) is 18.4. The summed E-state index contributed by atoms with van der Waals surface area (Å²) in [7, 11) is 3.00. The van der Waals surface area contributed by atoms with Gasteiger partial charge in [-0.3, -0.25) is 4.79 Å². The second-order valence-corrected chi connectivity index (χ2v) is 6.48. The van der Waals surface area contributed by atoms with Crippen LogP contribution in [0.3, 0.4) is 0 Å². The quantitative estimate of drug-likeness (QED) is 0.422. The average molecular weight is 419 g/mol. The van der Waals surface area contributed by atoms with E-state index in [2.05, 4.69) is 15.7 Å². The number of hydrogen-bond acceptors (Lipinski definition) is 7. The molecule has 0 aliphatic carbocycles. The van der Waals surface area contributed by atoms with Crippen molar-refractivity contribution in [2.75, 3.05) is 19.7 Å². The Labute approximate surface area is 179 Å². The maximum atomic E-state index is 12.2. The maximum Gasteiger partial charge on any atom is 0.362 e. The molecule has 3 aromatic carbocycles. The van der Waals surface area contributed by atoms with Crippen LogP contribution in [0.2, 0.25) is 0 Å². The Morgan fingerprint density at radius 3 is 2.26 bits per heavy atom. The Bertz CT molecular complexity index is 1110. The molecule has 0 saturated heterocycles. The monoisotopic (exact) mass is 419 g/mol. The Kier molecular flexibility index (Phi) is 6.95. The fourth-order valence-electron chi connectivity index (χ4n) is 2.66. The first-order valence-electron chi connectivity index (χ1n) is 9.32. The third-order valence-electron chi connectivity index (χ3n) is 4.27. The van der Waals surface area contributed by atoms with Crippen molar-refractivity contribution in [1.29, 1.82) is 0 Å². The predicted molar refractivity (Wildman–Crippen MR) is 115 cm³/mol. The standard InChI is InChI=1S/C23H21N3O5/c1-15-5-4-6-16(13-15)22(27)25-24-18-8-10-19(11-9-18)26-31-23(28)17-7-12-20(29-2)21(14-17)30-3/h4-14,26H,1-3H3. The van der Waals surface area contributed by atoms with Crippen molar-refractivity contribution >= 4 is 23.3 Å². The van der Waals surface area contributed by atoms with Crippen LogP contribution in [0.5, 0.6) is 11.5 Å². The molecule has 31 heavy (non-hydrogen) atoms. The van der Waals surface area contributed by atoms with Crippen molar-refractivity contribution in [3.05, 3.63) is 83.4 Å². The molecular weight excluding hydrogens is 398 g/mol. The van der Waals surface area contributed by atoms with E-state index in [4.69, 9.17) is 14.3 Å². The van der Waals surface area contributed by atoms with E-state index in [9.17, 15) is 9.59 Å². The molecule has 0 bridgehead atoms. The summed E-state index contributed by atoms with van der Waals surface area (Å²) >= 11 is 0. The van der Waals surface area contributed by atoms with E-state index < -0.39 is 11.9 Å². The van der Waals surface area contributed by atoms with Gasteiger partial charge in [0.1, 0.15) is 0 Å². The fraction of sp³-hybridized carbons (Fsp3) is 0.130. The zero-order valence-electron chi connectivity index (χ0n) is 17.3. The summed E-state index contributed by atoms with van der Waals surface area (Å²) in [5.41, 5.74) is 5.33. The normalized spacial score (nSPS) is 10.5. The minimum atomic E-state index is -0.589. The zero-order chi connectivity index (χ0) is 22.2. The number of nitrogens with one attached hydrogen (secondary N) is 1. The first kappa shape index (κ1) is 21.5. The van der Waals surface area contributed by atoms with Gasteiger partial charge in [-0.1, -0.05) is 17.7 Å². The van der Waals surface area contributed by atoms with Crippen molar-refractivity contribution in [3.63, 3.8) is 0 Å². The summed E-state index contributed by atoms with van der Waals surface area (Å²) in [6.07, 6.45) is 0. The maximum absolute atomic E-state index is 12.2. The molecule has 0 saturated carbocycles. The number of carbonyl (C=O) groups is 2. The van der Waals surface area contributed by atoms with Crippen LogP contribution in [-0.4, -0.2) is 26.1 Å². The number of amides is 1. The first-order valence-corrected chi connectivity index (χ1v) is 9.32. The second-order valence-electron chi connectivity index (χ2n) is 6.48. The van der Waals surface area contributed by atoms with Crippen molar-refractivity contribution in [2.45, 2.75) is 6.92 Å². The molecule has 0 atom stereocenters. The van der Waals surface area contributed by atoms with Crippen LogP contribution < -0.4 is 15.0 Å². The summed E-state index contributed by atoms with van der Waals surface area (Å²) in [4.78, 5) is 29.4. The summed E-state index contributed by atoms with van der Waals surface area (Å²) < 4.78 is 10.3. The van der Waals surface area contributed by atoms with Gasteiger partial charge in [-0.2, -0.15) is 0 Å². The van der Waals surface area contributed by atoms with E-state index in [0.29, 0.717) is 34.0 Å². The fourth-order valence-corrected chi connectivity index (χ4v) is 2.66. The number of methoxy groups -OCH3 is 2. The van der Waals surface area contributed by atoms with Crippen molar-refractivity contribution in [1.82, 2.24) is 0 Å². The van der Waals surface area contributed by atoms with Crippen LogP contribution in [0, 0.1) is 6.92 Å². The van der Waals surface area contributed by atoms with Crippen LogP contribution in [0.25, 0.3) is 0 Å². The lowest BCUT2D eigenvalue weighted by Gasteiger charge is -2.10. The number of hydrogen-bond donors (Lipinski definition) is 1. The largest absolute Gasteiger partial charge is 0.493 e. The van der Waals surface area contributed by atoms with Crippen molar-refractivity contribution < 1.29 is 23.9 Å². The average Bonchev–Trinajstić information content (AvgIpc) is 2.81. The SMILES string of the molecule is COc1ccc(C(=O)ONc2ccc(N=NC(=O)c3cccc(C)c3)cc2)cc1OC. The van der Waals surface area contributed by atoms with Gasteiger partial charge in [0, 0.05) is 5.56 Å². The molecule has 1 amide bonds. The highest BCUT2D eigenvalue weighted by Crippen LogP contribution is 2.28. The molecule has 0 fully saturated rings. The predicted octanol–water partition coefficient (Wildman–Crippen LogP) is 5.12. The van der Waals surface area contributed by atoms with E-state index in [1.54, 1.807) is 54.6 Å². The minimum absolute atomic E-state index is 0.297. The van der Waals surface area contributed by atoms with Gasteiger partial charge >= 0.3 is 5.97 Å². The molecule has 0 aliphatic rings. The van der Waals surface area contributed by atoms with Gasteiger partial charge in [-0.15, -0.1) is 10.2 Å². The summed E-state index contributed by atoms with van der Waals surface area (Å²) in [6.45, 7) is 1.90. The van der Waals surface area contributed by atoms with Gasteiger partial charge in [0.15, 0.2) is 11.5 Å². The summed E-state index contributed by atoms with van der Waals surface area (Å²) in [5.74, 6) is -0.0762. The number of carbonyl (C=O) groups excluding carboxylic acids is 2. The molecule has 1 N–H and O–H groups in total. The minimum Gasteiger partial charge on any atom is -0.493 e. The molecule has 0 aromatic heterocycles. The van der Waals surface area contributed by atoms with Gasteiger partial charge < -0.3 is 14.3 Å². The smallest absolute Gasteiger partial charge is 0.362 e. The highest BCUT2D eigenvalue weighted by Gasteiger charge is 2.12. The Hall–Kier alpha value is -4.20. The Morgan fingerprint density at radius 1 is 0.839 bits per heavy atom. The molecule has 8 heteroatoms. The number of rotatable bonds is 7. The van der Waals surface area contributed by atoms with Crippen LogP contribution in [0.4, 0.5) is 11.4 Å². The van der Waals surface area contributed by atoms with Crippen LogP contribution in [0.1, 0.15) is 26.3 Å². The van der Waals surface area contributed by atoms with Crippen LogP contribution >= 0.6 is 0 Å². The van der Waals surface area contributed by atoms with E-state index in [0.717, 1.165) is 5.56 Å². The topological polar surface area (TPSA) is 98.6 Å². The van der Waals surface area contributed by atoms with Crippen LogP contribution in [-0.2, 0) is 4.84 Å². The highest BCUT2D eigenvalue weighted by atomic mass is 16.7. The molecule has 158 valence electrons. The molecule has 3 rings (SSSR count). The third kappa shape index (κ3) is 5.66. The van der Waals surface area contributed by atoms with Crippen molar-refractivity contribution in [3.8, 4) is 11.5 Å². The van der Waals surface area contributed by atoms with Gasteiger partial charge in [-0.05, 0) is 61.5 Å². The number of anilines is 1. The summed E-state index contributed by atoms with van der Waals surface area (Å²) in [5, 5.41) is 7.68. The lowest BCUT2D eigenvalue weighted by atomic mass is 10.1. The van der Waals surface area contributed by atoms with Gasteiger partial charge in [0.05, 0.1) is 31.2 Å². The third-order valence-corrected chi connectivity index (χ3v) is 4.27. The van der Waals surface area contributed by atoms with Gasteiger partial charge in [-0.25, -0.2) is 10.3 Å². The van der Waals surface area contributed by atoms with E-state index in [1.807, 2.05) is 13.0 Å². The van der Waals surface area contributed by atoms with Gasteiger partial charge in [0.2, 0.25) is 0 Å². The molecular formula is C23H21N3O5. The molecule has 0 unspecified atom stereocenters. The molecule has 0 aliphatic heterocycles. The van der Waals surface area contributed by atoms with E-state index >= 15 is 0 Å². The molecule has 0 radical (unpaired) electrons. The van der Waals surface area contributed by atoms with E-state index in [-0.39, 0.29) is 0 Å². The number of azo groups is 1. The number of aryl methyl sites for hydroxylation is 1. The molecule has 8 nitrogen and oxygen atoms in total. The van der Waals surface area contributed by atoms with Crippen LogP contribution in [0.15, 0.2) is 77.0 Å². The Morgan fingerprint density at radius 2 is 1.58 bits per heavy atom. The lowest BCUT2D eigenvalue weighted by Crippen LogP contribution is -2.11. The number of nitrogens with zero attached hydrogens (tertiary/aromatic N) is 2. The highest BCUT2D eigenvalue weighted by molar-refractivity contribution is 5.94. The molecule has 0 spiro atoms.